The number of hydrogen-bond acceptors (Lipinski definition) is 2. The fourth-order valence-electron chi connectivity index (χ4n) is 2.39. The third kappa shape index (κ3) is 3.58. The summed E-state index contributed by atoms with van der Waals surface area (Å²) in [7, 11) is 2.03. The van der Waals surface area contributed by atoms with E-state index in [0.29, 0.717) is 6.54 Å². The highest BCUT2D eigenvalue weighted by atomic mass is 19.1. The van der Waals surface area contributed by atoms with Crippen molar-refractivity contribution in [3.63, 3.8) is 0 Å². The molecule has 0 fully saturated rings. The molecular formula is C17H21FN2. The van der Waals surface area contributed by atoms with Gasteiger partial charge in [-0.1, -0.05) is 18.2 Å². The van der Waals surface area contributed by atoms with Crippen LogP contribution in [0.3, 0.4) is 0 Å². The van der Waals surface area contributed by atoms with Gasteiger partial charge in [-0.2, -0.15) is 0 Å². The fourth-order valence-corrected chi connectivity index (χ4v) is 2.39. The lowest BCUT2D eigenvalue weighted by Crippen LogP contribution is -2.29. The number of nitrogens with two attached hydrogens (primary N) is 1. The van der Waals surface area contributed by atoms with Gasteiger partial charge < -0.3 is 10.6 Å². The second-order valence-electron chi connectivity index (χ2n) is 5.38. The molecule has 2 aromatic rings. The van der Waals surface area contributed by atoms with Gasteiger partial charge in [0.25, 0.3) is 0 Å². The maximum atomic E-state index is 12.9. The normalized spacial score (nSPS) is 12.2. The lowest BCUT2D eigenvalue weighted by molar-refractivity contribution is 0.624. The minimum Gasteiger partial charge on any atom is -0.373 e. The van der Waals surface area contributed by atoms with Crippen LogP contribution in [0.1, 0.15) is 22.7 Å². The number of halogens is 1. The van der Waals surface area contributed by atoms with Crippen LogP contribution in [0.15, 0.2) is 42.5 Å². The molecule has 0 saturated heterocycles. The smallest absolute Gasteiger partial charge is 0.123 e. The summed E-state index contributed by atoms with van der Waals surface area (Å²) in [4.78, 5) is 2.13. The van der Waals surface area contributed by atoms with Crippen LogP contribution < -0.4 is 10.6 Å². The van der Waals surface area contributed by atoms with Crippen LogP contribution in [-0.4, -0.2) is 13.6 Å². The van der Waals surface area contributed by atoms with Crippen LogP contribution in [0, 0.1) is 19.7 Å². The lowest BCUT2D eigenvalue weighted by Gasteiger charge is -2.24. The molecule has 2 nitrogen and oxygen atoms in total. The molecule has 2 N–H and O–H groups in total. The molecule has 0 spiro atoms. The summed E-state index contributed by atoms with van der Waals surface area (Å²) >= 11 is 0. The molecule has 0 amide bonds. The Labute approximate surface area is 120 Å². The highest BCUT2D eigenvalue weighted by Crippen LogP contribution is 2.20. The Morgan fingerprint density at radius 2 is 1.60 bits per heavy atom. The molecule has 0 bridgehead atoms. The minimum atomic E-state index is -0.233. The Balaban J connectivity index is 2.10. The minimum absolute atomic E-state index is 0.138. The Bertz CT molecular complexity index is 558. The van der Waals surface area contributed by atoms with Crippen molar-refractivity contribution in [3.05, 3.63) is 65.0 Å². The van der Waals surface area contributed by atoms with Crippen molar-refractivity contribution in [3.8, 4) is 0 Å². The van der Waals surface area contributed by atoms with E-state index in [4.69, 9.17) is 5.73 Å². The maximum absolute atomic E-state index is 12.9. The van der Waals surface area contributed by atoms with E-state index in [1.807, 2.05) is 7.05 Å². The molecule has 0 aromatic heterocycles. The van der Waals surface area contributed by atoms with Crippen LogP contribution >= 0.6 is 0 Å². The monoisotopic (exact) mass is 272 g/mol. The van der Waals surface area contributed by atoms with Crippen LogP contribution in [0.2, 0.25) is 0 Å². The van der Waals surface area contributed by atoms with Gasteiger partial charge >= 0.3 is 0 Å². The average Bonchev–Trinajstić information content (AvgIpc) is 2.38. The number of nitrogens with zero attached hydrogens (tertiary/aromatic N) is 1. The largest absolute Gasteiger partial charge is 0.373 e. The third-order valence-corrected chi connectivity index (χ3v) is 3.42. The molecule has 0 aliphatic carbocycles. The van der Waals surface area contributed by atoms with Crippen LogP contribution in [-0.2, 0) is 0 Å². The molecule has 1 unspecified atom stereocenters. The third-order valence-electron chi connectivity index (χ3n) is 3.42. The van der Waals surface area contributed by atoms with E-state index in [1.54, 1.807) is 12.1 Å². The summed E-state index contributed by atoms with van der Waals surface area (Å²) in [5.41, 5.74) is 10.8. The van der Waals surface area contributed by atoms with Crippen molar-refractivity contribution in [2.24, 2.45) is 5.73 Å². The maximum Gasteiger partial charge on any atom is 0.123 e. The quantitative estimate of drug-likeness (QED) is 0.921. The second-order valence-corrected chi connectivity index (χ2v) is 5.38. The van der Waals surface area contributed by atoms with E-state index in [9.17, 15) is 4.39 Å². The van der Waals surface area contributed by atoms with Crippen molar-refractivity contribution < 1.29 is 4.39 Å². The van der Waals surface area contributed by atoms with Gasteiger partial charge in [0, 0.05) is 25.3 Å². The van der Waals surface area contributed by atoms with E-state index < -0.39 is 0 Å². The predicted molar refractivity (Wildman–Crippen MR) is 82.5 cm³/mol. The van der Waals surface area contributed by atoms with Gasteiger partial charge in [0.1, 0.15) is 5.82 Å². The van der Waals surface area contributed by atoms with Gasteiger partial charge in [-0.25, -0.2) is 4.39 Å². The van der Waals surface area contributed by atoms with E-state index in [0.717, 1.165) is 11.3 Å². The van der Waals surface area contributed by atoms with Crippen molar-refractivity contribution in [2.75, 3.05) is 18.5 Å². The Morgan fingerprint density at radius 1 is 1.05 bits per heavy atom. The molecule has 0 aliphatic heterocycles. The molecule has 1 atom stereocenters. The van der Waals surface area contributed by atoms with Crippen LogP contribution in [0.25, 0.3) is 0 Å². The van der Waals surface area contributed by atoms with E-state index in [1.165, 1.54) is 23.3 Å². The first kappa shape index (κ1) is 14.5. The fraction of sp³-hybridized carbons (Fsp3) is 0.294. The first-order chi connectivity index (χ1) is 9.45. The topological polar surface area (TPSA) is 29.3 Å². The molecule has 3 heteroatoms. The lowest BCUT2D eigenvalue weighted by atomic mass is 10.1. The summed E-state index contributed by atoms with van der Waals surface area (Å²) < 4.78 is 12.9. The van der Waals surface area contributed by atoms with E-state index in [-0.39, 0.29) is 11.9 Å². The van der Waals surface area contributed by atoms with E-state index in [2.05, 4.69) is 36.9 Å². The Kier molecular flexibility index (Phi) is 4.40. The van der Waals surface area contributed by atoms with E-state index >= 15 is 0 Å². The number of likely N-dealkylation sites (N-methyl/N-ethyl adjacent to an activating group) is 1. The number of anilines is 1. The number of hydrogen-bond donors (Lipinski definition) is 1. The zero-order valence-corrected chi connectivity index (χ0v) is 12.2. The van der Waals surface area contributed by atoms with Gasteiger partial charge in [0.05, 0.1) is 0 Å². The molecule has 2 rings (SSSR count). The predicted octanol–water partition coefficient (Wildman–Crippen LogP) is 3.58. The Morgan fingerprint density at radius 3 is 2.15 bits per heavy atom. The number of aryl methyl sites for hydroxylation is 2. The number of benzene rings is 2. The molecule has 0 radical (unpaired) electrons. The molecule has 2 aromatic carbocycles. The van der Waals surface area contributed by atoms with Crippen LogP contribution in [0.4, 0.5) is 10.1 Å². The summed E-state index contributed by atoms with van der Waals surface area (Å²) in [6, 6.07) is 12.7. The SMILES string of the molecule is Cc1cc(C)cc(N(C)CC(N)c2ccc(F)cc2)c1. The second kappa shape index (κ2) is 6.06. The van der Waals surface area contributed by atoms with Crippen molar-refractivity contribution >= 4 is 5.69 Å². The van der Waals surface area contributed by atoms with Crippen molar-refractivity contribution in [1.29, 1.82) is 0 Å². The first-order valence-corrected chi connectivity index (χ1v) is 6.76. The summed E-state index contributed by atoms with van der Waals surface area (Å²) in [5.74, 6) is -0.233. The highest BCUT2D eigenvalue weighted by molar-refractivity contribution is 5.50. The first-order valence-electron chi connectivity index (χ1n) is 6.76. The zero-order chi connectivity index (χ0) is 14.7. The van der Waals surface area contributed by atoms with Gasteiger partial charge in [0.15, 0.2) is 0 Å². The molecule has 106 valence electrons. The molecule has 0 aliphatic rings. The van der Waals surface area contributed by atoms with Crippen molar-refractivity contribution in [1.82, 2.24) is 0 Å². The number of rotatable bonds is 4. The van der Waals surface area contributed by atoms with Gasteiger partial charge in [0.2, 0.25) is 0 Å². The summed E-state index contributed by atoms with van der Waals surface area (Å²) in [6.07, 6.45) is 0. The average molecular weight is 272 g/mol. The van der Waals surface area contributed by atoms with Gasteiger partial charge in [-0.15, -0.1) is 0 Å². The molecule has 0 saturated carbocycles. The standard InChI is InChI=1S/C17H21FN2/c1-12-8-13(2)10-16(9-12)20(3)11-17(19)14-4-6-15(18)7-5-14/h4-10,17H,11,19H2,1-3H3. The van der Waals surface area contributed by atoms with Gasteiger partial charge in [-0.3, -0.25) is 0 Å². The zero-order valence-electron chi connectivity index (χ0n) is 12.2. The van der Waals surface area contributed by atoms with Gasteiger partial charge in [-0.05, 0) is 54.8 Å². The molecule has 0 heterocycles. The van der Waals surface area contributed by atoms with Crippen molar-refractivity contribution in [2.45, 2.75) is 19.9 Å². The summed E-state index contributed by atoms with van der Waals surface area (Å²) in [6.45, 7) is 4.86. The highest BCUT2D eigenvalue weighted by Gasteiger charge is 2.10. The Hall–Kier alpha value is -1.87. The molecule has 20 heavy (non-hydrogen) atoms. The molecular weight excluding hydrogens is 251 g/mol. The van der Waals surface area contributed by atoms with Crippen LogP contribution in [0.5, 0.6) is 0 Å². The summed E-state index contributed by atoms with van der Waals surface area (Å²) in [5, 5.41) is 0.